The molecule has 1 aromatic carbocycles. The number of hydrogen-bond acceptors (Lipinski definition) is 6. The average Bonchev–Trinajstić information content (AvgIpc) is 3.16. The zero-order valence-electron chi connectivity index (χ0n) is 15.6. The number of rotatable bonds is 3. The quantitative estimate of drug-likeness (QED) is 0.685. The number of halogens is 3. The third-order valence-corrected chi connectivity index (χ3v) is 4.34. The van der Waals surface area contributed by atoms with Crippen molar-refractivity contribution < 1.29 is 22.7 Å². The molecule has 0 bridgehead atoms. The molecule has 154 valence electrons. The van der Waals surface area contributed by atoms with Gasteiger partial charge in [0, 0.05) is 11.8 Å². The van der Waals surface area contributed by atoms with Crippen LogP contribution in [0.25, 0.3) is 16.9 Å². The van der Waals surface area contributed by atoms with E-state index in [-0.39, 0.29) is 28.5 Å². The molecule has 0 saturated heterocycles. The van der Waals surface area contributed by atoms with Crippen LogP contribution >= 0.6 is 0 Å². The summed E-state index contributed by atoms with van der Waals surface area (Å²) in [6.45, 7) is 0.317. The Kier molecular flexibility index (Phi) is 4.86. The summed E-state index contributed by atoms with van der Waals surface area (Å²) in [4.78, 5) is 21.0. The number of carbonyl (C=O) groups is 1. The normalized spacial score (nSPS) is 14.0. The molecule has 30 heavy (non-hydrogen) atoms. The third-order valence-electron chi connectivity index (χ3n) is 4.34. The van der Waals surface area contributed by atoms with Crippen LogP contribution in [0.2, 0.25) is 0 Å². The lowest BCUT2D eigenvalue weighted by molar-refractivity contribution is -0.137. The van der Waals surface area contributed by atoms with Crippen molar-refractivity contribution >= 4 is 17.6 Å². The maximum atomic E-state index is 13.4. The molecule has 4 rings (SSSR count). The molecule has 0 fully saturated rings. The number of benzene rings is 1. The number of aromatic nitrogens is 3. The number of hydrogen-bond donors (Lipinski definition) is 2. The molecular weight excluding hydrogens is 401 g/mol. The molecule has 1 amide bonds. The van der Waals surface area contributed by atoms with Gasteiger partial charge in [-0.1, -0.05) is 18.2 Å². The van der Waals surface area contributed by atoms with Gasteiger partial charge < -0.3 is 10.1 Å². The maximum Gasteiger partial charge on any atom is 0.417 e. The minimum Gasteiger partial charge on any atom is -0.468 e. The molecule has 0 aliphatic carbocycles. The summed E-state index contributed by atoms with van der Waals surface area (Å²) < 4.78 is 46.4. The number of amides is 1. The van der Waals surface area contributed by atoms with Crippen molar-refractivity contribution in [3.05, 3.63) is 65.7 Å². The van der Waals surface area contributed by atoms with Crippen LogP contribution in [0.3, 0.4) is 0 Å². The number of ether oxygens (including phenoxy) is 1. The Morgan fingerprint density at radius 3 is 2.83 bits per heavy atom. The smallest absolute Gasteiger partial charge is 0.417 e. The predicted octanol–water partition coefficient (Wildman–Crippen LogP) is 2.59. The molecular formula is C19H15F3N6O2. The van der Waals surface area contributed by atoms with E-state index in [0.29, 0.717) is 12.4 Å². The Bertz CT molecular complexity index is 1180. The predicted molar refractivity (Wildman–Crippen MR) is 101 cm³/mol. The van der Waals surface area contributed by atoms with Crippen molar-refractivity contribution in [2.45, 2.75) is 6.18 Å². The number of amidine groups is 1. The summed E-state index contributed by atoms with van der Waals surface area (Å²) in [5, 5.41) is 9.49. The van der Waals surface area contributed by atoms with Crippen molar-refractivity contribution in [3.63, 3.8) is 0 Å². The first-order chi connectivity index (χ1) is 14.4. The molecule has 0 atom stereocenters. The van der Waals surface area contributed by atoms with Gasteiger partial charge in [0.15, 0.2) is 5.65 Å². The highest BCUT2D eigenvalue weighted by molar-refractivity contribution is 6.01. The first-order valence-corrected chi connectivity index (χ1v) is 8.75. The Hall–Kier alpha value is -3.89. The van der Waals surface area contributed by atoms with Gasteiger partial charge in [0.2, 0.25) is 0 Å². The molecule has 2 N–H and O–H groups in total. The Morgan fingerprint density at radius 1 is 1.27 bits per heavy atom. The molecule has 1 aliphatic heterocycles. The van der Waals surface area contributed by atoms with Crippen LogP contribution in [-0.4, -0.2) is 40.2 Å². The van der Waals surface area contributed by atoms with Crippen LogP contribution in [-0.2, 0) is 10.9 Å². The van der Waals surface area contributed by atoms with Gasteiger partial charge in [0.05, 0.1) is 31.1 Å². The summed E-state index contributed by atoms with van der Waals surface area (Å²) in [5.41, 5.74) is -0.591. The van der Waals surface area contributed by atoms with E-state index in [1.54, 1.807) is 6.08 Å². The molecule has 1 aliphatic rings. The van der Waals surface area contributed by atoms with Crippen LogP contribution in [0.15, 0.2) is 59.6 Å². The fourth-order valence-electron chi connectivity index (χ4n) is 2.95. The molecule has 2 aromatic heterocycles. The van der Waals surface area contributed by atoms with E-state index in [4.69, 9.17) is 4.74 Å². The number of nitrogens with one attached hydrogen (secondary N) is 2. The van der Waals surface area contributed by atoms with Crippen LogP contribution in [0.1, 0.15) is 15.9 Å². The third kappa shape index (κ3) is 3.69. The second-order valence-electron chi connectivity index (χ2n) is 6.23. The van der Waals surface area contributed by atoms with Gasteiger partial charge in [0.25, 0.3) is 11.9 Å². The van der Waals surface area contributed by atoms with Crippen LogP contribution in [0.5, 0.6) is 0 Å². The van der Waals surface area contributed by atoms with Crippen LogP contribution in [0, 0.1) is 0 Å². The van der Waals surface area contributed by atoms with Crippen LogP contribution < -0.4 is 10.6 Å². The lowest BCUT2D eigenvalue weighted by atomic mass is 10.0. The van der Waals surface area contributed by atoms with Crippen molar-refractivity contribution in [2.75, 3.05) is 13.7 Å². The molecule has 3 aromatic rings. The molecule has 0 unspecified atom stereocenters. The second-order valence-corrected chi connectivity index (χ2v) is 6.23. The first-order valence-electron chi connectivity index (χ1n) is 8.75. The maximum absolute atomic E-state index is 13.4. The molecule has 0 spiro atoms. The average molecular weight is 416 g/mol. The van der Waals surface area contributed by atoms with E-state index in [0.717, 1.165) is 6.07 Å². The number of methoxy groups -OCH3 is 1. The van der Waals surface area contributed by atoms with E-state index >= 15 is 0 Å². The molecule has 8 nitrogen and oxygen atoms in total. The molecule has 0 radical (unpaired) electrons. The van der Waals surface area contributed by atoms with Gasteiger partial charge >= 0.3 is 6.18 Å². The summed E-state index contributed by atoms with van der Waals surface area (Å²) >= 11 is 0. The standard InChI is InChI=1S/C19H15F3N6O2/c1-30-18-23-8-6-15(27-18)26-17(29)12-10-24-28-9-7-14(25-16(12)28)11-4-2-3-5-13(11)19(20,21)22/h2-7,9-10H,8H2,1H3,(H,23,27)(H,26,29). The monoisotopic (exact) mass is 416 g/mol. The highest BCUT2D eigenvalue weighted by Gasteiger charge is 2.33. The van der Waals surface area contributed by atoms with Crippen molar-refractivity contribution in [3.8, 4) is 11.3 Å². The molecule has 3 heterocycles. The fraction of sp³-hybridized carbons (Fsp3) is 0.158. The lowest BCUT2D eigenvalue weighted by Crippen LogP contribution is -2.38. The number of carbonyl (C=O) groups excluding carboxylic acids is 1. The summed E-state index contributed by atoms with van der Waals surface area (Å²) in [7, 11) is 1.44. The van der Waals surface area contributed by atoms with E-state index in [9.17, 15) is 18.0 Å². The first kappa shape index (κ1) is 19.4. The topological polar surface area (TPSA) is 92.9 Å². The SMILES string of the molecule is COC1=NCC=C(NC(=O)c2cnn3ccc(-c4ccccc4C(F)(F)F)nc23)N1. The van der Waals surface area contributed by atoms with Gasteiger partial charge in [-0.3, -0.25) is 10.1 Å². The zero-order chi connectivity index (χ0) is 21.3. The van der Waals surface area contributed by atoms with Crippen molar-refractivity contribution in [2.24, 2.45) is 4.99 Å². The van der Waals surface area contributed by atoms with E-state index in [1.807, 2.05) is 0 Å². The minimum absolute atomic E-state index is 0.0776. The second kappa shape index (κ2) is 7.50. The van der Waals surface area contributed by atoms with Crippen LogP contribution in [0.4, 0.5) is 13.2 Å². The van der Waals surface area contributed by atoms with Gasteiger partial charge in [0.1, 0.15) is 11.4 Å². The van der Waals surface area contributed by atoms with Gasteiger partial charge in [-0.05, 0) is 18.2 Å². The number of aliphatic imine (C=N–C) groups is 1. The Morgan fingerprint density at radius 2 is 2.07 bits per heavy atom. The number of fused-ring (bicyclic) bond motifs is 1. The fourth-order valence-corrected chi connectivity index (χ4v) is 2.95. The highest BCUT2D eigenvalue weighted by Crippen LogP contribution is 2.36. The van der Waals surface area contributed by atoms with E-state index < -0.39 is 17.6 Å². The largest absolute Gasteiger partial charge is 0.468 e. The Labute approximate surface area is 168 Å². The van der Waals surface area contributed by atoms with Gasteiger partial charge in [-0.2, -0.15) is 18.3 Å². The van der Waals surface area contributed by atoms with E-state index in [2.05, 4.69) is 25.7 Å². The summed E-state index contributed by atoms with van der Waals surface area (Å²) in [5.74, 6) is -0.167. The minimum atomic E-state index is -4.54. The summed E-state index contributed by atoms with van der Waals surface area (Å²) in [6.07, 6.45) is -0.142. The summed E-state index contributed by atoms with van der Waals surface area (Å²) in [6, 6.07) is 6.79. The van der Waals surface area contributed by atoms with E-state index in [1.165, 1.54) is 48.3 Å². The zero-order valence-corrected chi connectivity index (χ0v) is 15.6. The highest BCUT2D eigenvalue weighted by atomic mass is 19.4. The molecule has 11 heteroatoms. The number of nitrogens with zero attached hydrogens (tertiary/aromatic N) is 4. The van der Waals surface area contributed by atoms with Gasteiger partial charge in [-0.25, -0.2) is 14.5 Å². The van der Waals surface area contributed by atoms with Crippen molar-refractivity contribution in [1.82, 2.24) is 25.2 Å². The van der Waals surface area contributed by atoms with Crippen molar-refractivity contribution in [1.29, 1.82) is 0 Å². The van der Waals surface area contributed by atoms with Gasteiger partial charge in [-0.15, -0.1) is 0 Å². The lowest BCUT2D eigenvalue weighted by Gasteiger charge is -2.16. The Balaban J connectivity index is 1.68. The number of alkyl halides is 3. The molecule has 0 saturated carbocycles.